The number of aryl methyl sites for hydroxylation is 1. The Morgan fingerprint density at radius 1 is 0.578 bits per heavy atom. The number of thiazole rings is 1. The first-order valence-electron chi connectivity index (χ1n) is 24.3. The molecule has 7 rings (SSSR count). The number of Topliss-reactive ketones (excluding diaryl/α,β-unsaturated/α-hetero) is 1. The van der Waals surface area contributed by atoms with Gasteiger partial charge in [-0.05, 0) is 104 Å². The molecule has 7 aromatic rings. The Labute approximate surface area is 489 Å². The number of carboxylic acids is 1. The number of esters is 3. The minimum atomic E-state index is -4.45. The lowest BCUT2D eigenvalue weighted by atomic mass is 9.99. The van der Waals surface area contributed by atoms with Crippen molar-refractivity contribution in [3.8, 4) is 0 Å². The van der Waals surface area contributed by atoms with Gasteiger partial charge in [-0.25, -0.2) is 34.7 Å². The molecule has 21 nitrogen and oxygen atoms in total. The first-order valence-corrected chi connectivity index (χ1v) is 26.0. The number of anilines is 3. The molecule has 0 bridgehead atoms. The molecule has 83 heavy (non-hydrogen) atoms. The third-order valence-corrected chi connectivity index (χ3v) is 11.0. The van der Waals surface area contributed by atoms with Crippen LogP contribution in [0.5, 0.6) is 0 Å². The monoisotopic (exact) mass is 1210 g/mol. The molecular formula is C56H58Cl2F3N9O12S. The van der Waals surface area contributed by atoms with Gasteiger partial charge in [0.25, 0.3) is 5.91 Å². The molecular weight excluding hydrogens is 1150 g/mol. The standard InChI is InChI=1S/C20H16F3N3O2S.C13H18N2O4.C8H8ClNO2.C8H10N2O2.C7H6ClNO2/c1-12-4-14(6-15(5-12)20(21,22)23)8-16(27)7-13-2-3-18(24-9-13)26-19(28)17-10-29-11-25-17;1-13(2,3)19-12(17)15-10-6-5-9(8-14-10)7-11(16)18-4;2*1-12-8(11)4-6-2-3-7(9)10-5-6;8-6-2-1-5(4-9-6)3-7(10)11/h2-6,9-11H,7-8H2,1H3,(H,24,26,28);5-6,8H,7H2,1-4H3,(H,14,15,17);2-3,5H,4H2,1H3;2-3,5H,4H2,1H3,(H2,9,10);1-2,4H,3H2,(H,10,11). The number of aromatic nitrogens is 6. The number of aliphatic carboxylic acids is 1. The molecule has 0 radical (unpaired) electrons. The highest BCUT2D eigenvalue weighted by Gasteiger charge is 2.31. The minimum absolute atomic E-state index is 0.00975. The maximum Gasteiger partial charge on any atom is 0.416 e. The van der Waals surface area contributed by atoms with Crippen molar-refractivity contribution in [2.24, 2.45) is 0 Å². The van der Waals surface area contributed by atoms with Crippen LogP contribution in [0.3, 0.4) is 0 Å². The average Bonchev–Trinajstić information content (AvgIpc) is 4.15. The normalized spacial score (nSPS) is 10.4. The zero-order chi connectivity index (χ0) is 61.7. The van der Waals surface area contributed by atoms with Crippen LogP contribution in [-0.4, -0.2) is 104 Å². The molecule has 0 unspecified atom stereocenters. The summed E-state index contributed by atoms with van der Waals surface area (Å²) in [6.45, 7) is 6.89. The molecule has 0 saturated heterocycles. The van der Waals surface area contributed by atoms with E-state index in [4.69, 9.17) is 38.8 Å². The maximum absolute atomic E-state index is 12.9. The number of methoxy groups -OCH3 is 3. The number of carbonyl (C=O) groups is 7. The van der Waals surface area contributed by atoms with E-state index in [2.05, 4.69) is 54.7 Å². The topological polar surface area (TPSA) is 304 Å². The van der Waals surface area contributed by atoms with E-state index >= 15 is 0 Å². The van der Waals surface area contributed by atoms with E-state index in [1.54, 1.807) is 118 Å². The molecule has 0 fully saturated rings. The lowest BCUT2D eigenvalue weighted by Gasteiger charge is -2.19. The van der Waals surface area contributed by atoms with Crippen molar-refractivity contribution in [2.45, 2.75) is 78.0 Å². The molecule has 5 N–H and O–H groups in total. The predicted molar refractivity (Wildman–Crippen MR) is 303 cm³/mol. The minimum Gasteiger partial charge on any atom is -0.481 e. The highest BCUT2D eigenvalue weighted by atomic mass is 35.5. The van der Waals surface area contributed by atoms with E-state index in [1.807, 2.05) is 0 Å². The van der Waals surface area contributed by atoms with Crippen molar-refractivity contribution in [3.05, 3.63) is 181 Å². The quantitative estimate of drug-likeness (QED) is 0.0421. The number of ketones is 1. The number of carbonyl (C=O) groups excluding carboxylic acids is 6. The van der Waals surface area contributed by atoms with Crippen molar-refractivity contribution >= 4 is 93.7 Å². The Morgan fingerprint density at radius 3 is 1.42 bits per heavy atom. The van der Waals surface area contributed by atoms with Crippen LogP contribution in [0.4, 0.5) is 35.4 Å². The molecule has 2 amide bonds. The Kier molecular flexibility index (Phi) is 28.3. The molecule has 0 aliphatic rings. The number of nitrogens with zero attached hydrogens (tertiary/aromatic N) is 6. The summed E-state index contributed by atoms with van der Waals surface area (Å²) < 4.78 is 57.4. The number of hydrogen-bond donors (Lipinski definition) is 4. The fraction of sp³-hybridized carbons (Fsp3) is 0.268. The number of amides is 2. The Hall–Kier alpha value is -8.94. The van der Waals surface area contributed by atoms with Gasteiger partial charge >= 0.3 is 36.1 Å². The zero-order valence-corrected chi connectivity index (χ0v) is 48.1. The number of alkyl halides is 3. The number of nitrogens with two attached hydrogens (primary N) is 1. The molecule has 0 aliphatic carbocycles. The van der Waals surface area contributed by atoms with Crippen LogP contribution in [0.2, 0.25) is 10.3 Å². The first-order chi connectivity index (χ1) is 39.1. The molecule has 0 atom stereocenters. The Balaban J connectivity index is 0.000000289. The van der Waals surface area contributed by atoms with Gasteiger partial charge in [-0.2, -0.15) is 13.2 Å². The van der Waals surface area contributed by atoms with Gasteiger partial charge in [0.05, 0.1) is 58.1 Å². The predicted octanol–water partition coefficient (Wildman–Crippen LogP) is 9.81. The molecule has 0 spiro atoms. The zero-order valence-electron chi connectivity index (χ0n) is 45.8. The van der Waals surface area contributed by atoms with Crippen LogP contribution >= 0.6 is 34.5 Å². The fourth-order valence-electron chi connectivity index (χ4n) is 6.22. The summed E-state index contributed by atoms with van der Waals surface area (Å²) in [5.41, 5.74) is 10.2. The highest BCUT2D eigenvalue weighted by Crippen LogP contribution is 2.31. The van der Waals surface area contributed by atoms with Crippen LogP contribution in [0.15, 0.2) is 121 Å². The van der Waals surface area contributed by atoms with Crippen molar-refractivity contribution in [1.82, 2.24) is 29.9 Å². The third-order valence-electron chi connectivity index (χ3n) is 9.96. The largest absolute Gasteiger partial charge is 0.481 e. The molecule has 1 aromatic carbocycles. The summed E-state index contributed by atoms with van der Waals surface area (Å²) in [6, 6.07) is 20.1. The van der Waals surface area contributed by atoms with Gasteiger partial charge in [0.2, 0.25) is 0 Å². The van der Waals surface area contributed by atoms with Crippen LogP contribution in [0.1, 0.15) is 75.8 Å². The van der Waals surface area contributed by atoms with Crippen LogP contribution in [0, 0.1) is 6.92 Å². The summed E-state index contributed by atoms with van der Waals surface area (Å²) in [5.74, 6) is -1.25. The molecule has 6 heterocycles. The molecule has 440 valence electrons. The van der Waals surface area contributed by atoms with Gasteiger partial charge in [-0.1, -0.05) is 65.2 Å². The summed E-state index contributed by atoms with van der Waals surface area (Å²) in [6.07, 6.45) is 3.05. The number of halogens is 5. The van der Waals surface area contributed by atoms with E-state index < -0.39 is 29.4 Å². The van der Waals surface area contributed by atoms with Crippen LogP contribution < -0.4 is 16.4 Å². The second kappa shape index (κ2) is 34.4. The Bertz CT molecular complexity index is 3150. The fourth-order valence-corrected chi connectivity index (χ4v) is 6.97. The van der Waals surface area contributed by atoms with Gasteiger partial charge < -0.3 is 35.1 Å². The third kappa shape index (κ3) is 28.9. The van der Waals surface area contributed by atoms with Crippen LogP contribution in [-0.2, 0) is 87.6 Å². The van der Waals surface area contributed by atoms with Crippen molar-refractivity contribution < 1.29 is 70.8 Å². The highest BCUT2D eigenvalue weighted by molar-refractivity contribution is 7.07. The van der Waals surface area contributed by atoms with E-state index in [0.717, 1.165) is 23.3 Å². The van der Waals surface area contributed by atoms with Crippen molar-refractivity contribution in [3.63, 3.8) is 0 Å². The number of carboxylic acid groups (broad SMARTS) is 1. The van der Waals surface area contributed by atoms with E-state index in [0.29, 0.717) is 55.6 Å². The van der Waals surface area contributed by atoms with Gasteiger partial charge in [-0.3, -0.25) is 34.1 Å². The van der Waals surface area contributed by atoms with E-state index in [9.17, 15) is 46.7 Å². The molecule has 27 heteroatoms. The number of hydrogen-bond acceptors (Lipinski definition) is 19. The smallest absolute Gasteiger partial charge is 0.416 e. The number of nitrogens with one attached hydrogen (secondary N) is 2. The molecule has 0 aliphatic heterocycles. The SMILES string of the molecule is COC(=O)Cc1ccc(Cl)nc1.COC(=O)Cc1ccc(N)nc1.COC(=O)Cc1ccc(NC(=O)OC(C)(C)C)nc1.Cc1cc(CC(=O)Cc2ccc(NC(=O)c3cscn3)nc2)cc(C(F)(F)F)c1.O=C(O)Cc1ccc(Cl)nc1. The lowest BCUT2D eigenvalue weighted by Crippen LogP contribution is -2.27. The molecule has 0 saturated carbocycles. The van der Waals surface area contributed by atoms with Gasteiger partial charge in [0, 0.05) is 49.2 Å². The number of pyridine rings is 5. The Morgan fingerprint density at radius 2 is 1.02 bits per heavy atom. The summed E-state index contributed by atoms with van der Waals surface area (Å²) in [7, 11) is 4.03. The second-order valence-electron chi connectivity index (χ2n) is 18.1. The van der Waals surface area contributed by atoms with Crippen molar-refractivity contribution in [2.75, 3.05) is 37.7 Å². The number of benzene rings is 1. The van der Waals surface area contributed by atoms with Gasteiger partial charge in [0.15, 0.2) is 0 Å². The second-order valence-corrected chi connectivity index (χ2v) is 19.5. The molecule has 6 aromatic heterocycles. The number of nitrogen functional groups attached to an aromatic ring is 1. The van der Waals surface area contributed by atoms with E-state index in [-0.39, 0.29) is 73.8 Å². The first kappa shape index (κ1) is 68.3. The number of rotatable bonds is 15. The van der Waals surface area contributed by atoms with Crippen molar-refractivity contribution in [1.29, 1.82) is 0 Å². The van der Waals surface area contributed by atoms with Gasteiger partial charge in [-0.15, -0.1) is 11.3 Å². The summed E-state index contributed by atoms with van der Waals surface area (Å²) in [5, 5.41) is 15.9. The van der Waals surface area contributed by atoms with E-state index in [1.165, 1.54) is 51.3 Å². The maximum atomic E-state index is 12.9. The van der Waals surface area contributed by atoms with Gasteiger partial charge in [0.1, 0.15) is 44.8 Å². The summed E-state index contributed by atoms with van der Waals surface area (Å²) in [4.78, 5) is 102. The lowest BCUT2D eigenvalue weighted by molar-refractivity contribution is -0.140. The van der Waals surface area contributed by atoms with Crippen LogP contribution in [0.25, 0.3) is 0 Å². The summed E-state index contributed by atoms with van der Waals surface area (Å²) >= 11 is 12.3. The average molecular weight is 1210 g/mol. The number of ether oxygens (including phenoxy) is 4.